The third-order valence-corrected chi connectivity index (χ3v) is 5.23. The van der Waals surface area contributed by atoms with Crippen molar-refractivity contribution in [1.82, 2.24) is 5.32 Å². The van der Waals surface area contributed by atoms with Crippen LogP contribution in [0.4, 0.5) is 5.69 Å². The zero-order chi connectivity index (χ0) is 20.0. The lowest BCUT2D eigenvalue weighted by Crippen LogP contribution is -2.47. The van der Waals surface area contributed by atoms with Crippen LogP contribution < -0.4 is 5.32 Å². The first kappa shape index (κ1) is 20.6. The van der Waals surface area contributed by atoms with Crippen molar-refractivity contribution in [2.24, 2.45) is 11.8 Å². The Hall–Kier alpha value is -2.70. The van der Waals surface area contributed by atoms with Crippen LogP contribution in [0.5, 0.6) is 0 Å². The summed E-state index contributed by atoms with van der Waals surface area (Å²) in [5, 5.41) is 13.9. The number of hydrogen-bond acceptors (Lipinski definition) is 5. The van der Waals surface area contributed by atoms with Gasteiger partial charge in [-0.2, -0.15) is 0 Å². The maximum Gasteiger partial charge on any atom is 0.331 e. The SMILES string of the molecule is C[C@@H]1[C@H](C)CCC[C@@H]1NC(=O)[C@@H](C)OC(=O)/C=C/c1ccccc1[N+](=O)[O-]. The lowest BCUT2D eigenvalue weighted by atomic mass is 9.78. The lowest BCUT2D eigenvalue weighted by Gasteiger charge is -2.35. The fourth-order valence-corrected chi connectivity index (χ4v) is 3.31. The smallest absolute Gasteiger partial charge is 0.331 e. The molecule has 0 heterocycles. The molecule has 7 heteroatoms. The average Bonchev–Trinajstić information content (AvgIpc) is 2.63. The highest BCUT2D eigenvalue weighted by Crippen LogP contribution is 2.29. The first-order valence-corrected chi connectivity index (χ1v) is 9.22. The molecule has 0 aliphatic heterocycles. The number of ether oxygens (including phenoxy) is 1. The number of nitro benzene ring substituents is 1. The zero-order valence-electron chi connectivity index (χ0n) is 15.9. The van der Waals surface area contributed by atoms with E-state index in [1.807, 2.05) is 0 Å². The Morgan fingerprint density at radius 2 is 2.00 bits per heavy atom. The topological polar surface area (TPSA) is 98.5 Å². The molecule has 1 aliphatic carbocycles. The van der Waals surface area contributed by atoms with Gasteiger partial charge < -0.3 is 10.1 Å². The fourth-order valence-electron chi connectivity index (χ4n) is 3.31. The van der Waals surface area contributed by atoms with E-state index in [-0.39, 0.29) is 17.6 Å². The third kappa shape index (κ3) is 5.64. The van der Waals surface area contributed by atoms with Crippen molar-refractivity contribution >= 4 is 23.6 Å². The predicted molar refractivity (Wildman–Crippen MR) is 102 cm³/mol. The monoisotopic (exact) mass is 374 g/mol. The number of amides is 1. The minimum absolute atomic E-state index is 0.0879. The molecule has 0 spiro atoms. The molecule has 7 nitrogen and oxygen atoms in total. The molecule has 146 valence electrons. The highest BCUT2D eigenvalue weighted by molar-refractivity contribution is 5.91. The molecule has 1 aromatic rings. The van der Waals surface area contributed by atoms with Gasteiger partial charge in [-0.1, -0.05) is 38.8 Å². The number of para-hydroxylation sites is 1. The van der Waals surface area contributed by atoms with E-state index in [2.05, 4.69) is 19.2 Å². The summed E-state index contributed by atoms with van der Waals surface area (Å²) in [5.41, 5.74) is 0.189. The van der Waals surface area contributed by atoms with Crippen molar-refractivity contribution in [3.63, 3.8) is 0 Å². The minimum atomic E-state index is -0.933. The third-order valence-electron chi connectivity index (χ3n) is 5.23. The molecule has 0 saturated heterocycles. The summed E-state index contributed by atoms with van der Waals surface area (Å²) in [7, 11) is 0. The Bertz CT molecular complexity index is 731. The number of rotatable bonds is 6. The van der Waals surface area contributed by atoms with Crippen LogP contribution in [0.15, 0.2) is 30.3 Å². The summed E-state index contributed by atoms with van der Waals surface area (Å²) in [6.45, 7) is 5.82. The van der Waals surface area contributed by atoms with Crippen molar-refractivity contribution in [1.29, 1.82) is 0 Å². The van der Waals surface area contributed by atoms with Crippen molar-refractivity contribution < 1.29 is 19.2 Å². The van der Waals surface area contributed by atoms with Crippen molar-refractivity contribution in [2.45, 2.75) is 52.2 Å². The molecule has 1 saturated carbocycles. The van der Waals surface area contributed by atoms with Crippen molar-refractivity contribution in [3.05, 3.63) is 46.0 Å². The van der Waals surface area contributed by atoms with Gasteiger partial charge in [0.1, 0.15) is 0 Å². The number of nitrogens with zero attached hydrogens (tertiary/aromatic N) is 1. The van der Waals surface area contributed by atoms with E-state index < -0.39 is 17.0 Å². The van der Waals surface area contributed by atoms with Gasteiger partial charge >= 0.3 is 5.97 Å². The van der Waals surface area contributed by atoms with Crippen molar-refractivity contribution in [3.8, 4) is 0 Å². The molecule has 2 rings (SSSR count). The molecule has 0 unspecified atom stereocenters. The molecule has 0 aromatic heterocycles. The summed E-state index contributed by atoms with van der Waals surface area (Å²) < 4.78 is 5.13. The van der Waals surface area contributed by atoms with Crippen LogP contribution in [-0.4, -0.2) is 28.9 Å². The maximum absolute atomic E-state index is 12.3. The van der Waals surface area contributed by atoms with E-state index in [9.17, 15) is 19.7 Å². The number of nitrogens with one attached hydrogen (secondary N) is 1. The van der Waals surface area contributed by atoms with Gasteiger partial charge in [-0.05, 0) is 37.3 Å². The van der Waals surface area contributed by atoms with Crippen LogP contribution in [0.25, 0.3) is 6.08 Å². The molecule has 0 bridgehead atoms. The normalized spacial score (nSPS) is 23.6. The van der Waals surface area contributed by atoms with Gasteiger partial charge in [0.2, 0.25) is 0 Å². The largest absolute Gasteiger partial charge is 0.449 e. The molecule has 0 radical (unpaired) electrons. The summed E-state index contributed by atoms with van der Waals surface area (Å²) in [6, 6.07) is 6.16. The molecule has 1 fully saturated rings. The Balaban J connectivity index is 1.91. The van der Waals surface area contributed by atoms with Gasteiger partial charge in [0.05, 0.1) is 10.5 Å². The molecule has 4 atom stereocenters. The first-order chi connectivity index (χ1) is 12.8. The Morgan fingerprint density at radius 1 is 1.30 bits per heavy atom. The summed E-state index contributed by atoms with van der Waals surface area (Å²) in [4.78, 5) is 34.7. The van der Waals surface area contributed by atoms with Crippen LogP contribution in [0.2, 0.25) is 0 Å². The van der Waals surface area contributed by atoms with Gasteiger partial charge in [-0.3, -0.25) is 14.9 Å². The molecule has 1 amide bonds. The predicted octanol–water partition coefficient (Wildman–Crippen LogP) is 3.48. The van der Waals surface area contributed by atoms with E-state index in [0.29, 0.717) is 17.4 Å². The second-order valence-corrected chi connectivity index (χ2v) is 7.11. The Kier molecular flexibility index (Phi) is 7.10. The highest BCUT2D eigenvalue weighted by Gasteiger charge is 2.29. The van der Waals surface area contributed by atoms with Crippen LogP contribution in [0, 0.1) is 22.0 Å². The van der Waals surface area contributed by atoms with E-state index in [1.165, 1.54) is 25.1 Å². The van der Waals surface area contributed by atoms with E-state index in [4.69, 9.17) is 4.74 Å². The summed E-state index contributed by atoms with van der Waals surface area (Å²) >= 11 is 0. The molecule has 1 N–H and O–H groups in total. The number of carbonyl (C=O) groups excluding carboxylic acids is 2. The van der Waals surface area contributed by atoms with Crippen LogP contribution in [0.3, 0.4) is 0 Å². The van der Waals surface area contributed by atoms with E-state index >= 15 is 0 Å². The number of nitro groups is 1. The molecular formula is C20H26N2O5. The zero-order valence-corrected chi connectivity index (χ0v) is 15.9. The summed E-state index contributed by atoms with van der Waals surface area (Å²) in [6.07, 6.45) is 4.64. The molecule has 1 aliphatic rings. The maximum atomic E-state index is 12.3. The van der Waals surface area contributed by atoms with Gasteiger partial charge in [-0.25, -0.2) is 4.79 Å². The number of benzene rings is 1. The van der Waals surface area contributed by atoms with Crippen LogP contribution in [-0.2, 0) is 14.3 Å². The first-order valence-electron chi connectivity index (χ1n) is 9.22. The Labute approximate surface area is 158 Å². The van der Waals surface area contributed by atoms with Gasteiger partial charge in [0.25, 0.3) is 11.6 Å². The van der Waals surface area contributed by atoms with E-state index in [0.717, 1.165) is 25.3 Å². The molecular weight excluding hydrogens is 348 g/mol. The fraction of sp³-hybridized carbons (Fsp3) is 0.500. The quantitative estimate of drug-likeness (QED) is 0.356. The number of carbonyl (C=O) groups is 2. The minimum Gasteiger partial charge on any atom is -0.449 e. The van der Waals surface area contributed by atoms with Gasteiger partial charge in [0, 0.05) is 18.2 Å². The van der Waals surface area contributed by atoms with Crippen LogP contribution in [0.1, 0.15) is 45.6 Å². The van der Waals surface area contributed by atoms with Crippen LogP contribution >= 0.6 is 0 Å². The second-order valence-electron chi connectivity index (χ2n) is 7.11. The molecule has 1 aromatic carbocycles. The second kappa shape index (κ2) is 9.30. The number of esters is 1. The number of hydrogen-bond donors (Lipinski definition) is 1. The standard InChI is InChI=1S/C20H26N2O5/c1-13-7-6-9-17(14(13)2)21-20(24)15(3)27-19(23)12-11-16-8-4-5-10-18(16)22(25)26/h4-5,8,10-15,17H,6-7,9H2,1-3H3,(H,21,24)/b12-11+/t13-,14-,15-,17+/m1/s1. The average molecular weight is 374 g/mol. The van der Waals surface area contributed by atoms with Gasteiger partial charge in [-0.15, -0.1) is 0 Å². The molecule has 27 heavy (non-hydrogen) atoms. The highest BCUT2D eigenvalue weighted by atomic mass is 16.6. The Morgan fingerprint density at radius 3 is 2.70 bits per heavy atom. The van der Waals surface area contributed by atoms with Crippen molar-refractivity contribution in [2.75, 3.05) is 0 Å². The van der Waals surface area contributed by atoms with E-state index in [1.54, 1.807) is 12.1 Å². The summed E-state index contributed by atoms with van der Waals surface area (Å²) in [5.74, 6) is -0.120. The van der Waals surface area contributed by atoms with Gasteiger partial charge in [0.15, 0.2) is 6.10 Å². The lowest BCUT2D eigenvalue weighted by molar-refractivity contribution is -0.385.